The van der Waals surface area contributed by atoms with Gasteiger partial charge in [0.1, 0.15) is 9.23 Å². The molecular formula is C12H9Cl2NO4S2. The van der Waals surface area contributed by atoms with E-state index in [0.717, 1.165) is 11.3 Å². The van der Waals surface area contributed by atoms with Crippen LogP contribution in [0.15, 0.2) is 29.2 Å². The molecule has 1 aromatic heterocycles. The molecule has 0 saturated carbocycles. The summed E-state index contributed by atoms with van der Waals surface area (Å²) in [6, 6.07) is 5.34. The van der Waals surface area contributed by atoms with Crippen molar-refractivity contribution in [3.63, 3.8) is 0 Å². The number of sulfonamides is 1. The van der Waals surface area contributed by atoms with Crippen LogP contribution in [0.25, 0.3) is 0 Å². The van der Waals surface area contributed by atoms with Gasteiger partial charge in [-0.15, -0.1) is 11.3 Å². The second-order valence-electron chi connectivity index (χ2n) is 4.13. The molecule has 0 radical (unpaired) electrons. The Hall–Kier alpha value is -1.28. The van der Waals surface area contributed by atoms with Crippen molar-refractivity contribution in [1.82, 2.24) is 0 Å². The van der Waals surface area contributed by atoms with Crippen LogP contribution in [0, 0.1) is 6.92 Å². The minimum atomic E-state index is -3.88. The fourth-order valence-electron chi connectivity index (χ4n) is 1.62. The van der Waals surface area contributed by atoms with E-state index in [9.17, 15) is 13.2 Å². The van der Waals surface area contributed by atoms with Gasteiger partial charge in [0.25, 0.3) is 10.0 Å². The van der Waals surface area contributed by atoms with Gasteiger partial charge in [-0.1, -0.05) is 23.2 Å². The molecule has 0 aliphatic carbocycles. The number of carboxylic acids is 1. The SMILES string of the molecule is Cc1cc(C(=O)O)ccc1NS(=O)(=O)c1cc(Cl)sc1Cl. The molecule has 1 aromatic carbocycles. The van der Waals surface area contributed by atoms with Crippen molar-refractivity contribution in [2.45, 2.75) is 11.8 Å². The lowest BCUT2D eigenvalue weighted by atomic mass is 10.1. The maximum atomic E-state index is 12.2. The summed E-state index contributed by atoms with van der Waals surface area (Å²) in [7, 11) is -3.88. The molecule has 0 aliphatic heterocycles. The third-order valence-electron chi connectivity index (χ3n) is 2.63. The van der Waals surface area contributed by atoms with Crippen LogP contribution in [0.4, 0.5) is 5.69 Å². The first-order chi connectivity index (χ1) is 9.70. The van der Waals surface area contributed by atoms with Crippen LogP contribution in [0.1, 0.15) is 15.9 Å². The van der Waals surface area contributed by atoms with Gasteiger partial charge in [-0.2, -0.15) is 0 Å². The van der Waals surface area contributed by atoms with E-state index in [2.05, 4.69) is 4.72 Å². The fraction of sp³-hybridized carbons (Fsp3) is 0.0833. The average molecular weight is 366 g/mol. The van der Waals surface area contributed by atoms with Crippen molar-refractivity contribution in [2.75, 3.05) is 4.72 Å². The third-order valence-corrected chi connectivity index (χ3v) is 5.75. The highest BCUT2D eigenvalue weighted by molar-refractivity contribution is 7.93. The van der Waals surface area contributed by atoms with Gasteiger partial charge in [-0.25, -0.2) is 13.2 Å². The quantitative estimate of drug-likeness (QED) is 0.861. The van der Waals surface area contributed by atoms with E-state index < -0.39 is 16.0 Å². The second kappa shape index (κ2) is 5.84. The van der Waals surface area contributed by atoms with Gasteiger partial charge in [0.05, 0.1) is 15.6 Å². The van der Waals surface area contributed by atoms with E-state index in [1.165, 1.54) is 24.3 Å². The third kappa shape index (κ3) is 3.49. The van der Waals surface area contributed by atoms with Crippen LogP contribution >= 0.6 is 34.5 Å². The van der Waals surface area contributed by atoms with Crippen molar-refractivity contribution >= 4 is 56.2 Å². The molecule has 112 valence electrons. The Morgan fingerprint density at radius 2 is 1.95 bits per heavy atom. The Morgan fingerprint density at radius 1 is 1.29 bits per heavy atom. The van der Waals surface area contributed by atoms with Crippen LogP contribution in [0.2, 0.25) is 8.67 Å². The lowest BCUT2D eigenvalue weighted by molar-refractivity contribution is 0.0697. The summed E-state index contributed by atoms with van der Waals surface area (Å²) in [6.07, 6.45) is 0. The highest BCUT2D eigenvalue weighted by atomic mass is 35.5. The van der Waals surface area contributed by atoms with Gasteiger partial charge in [0.2, 0.25) is 0 Å². The van der Waals surface area contributed by atoms with Crippen LogP contribution < -0.4 is 4.72 Å². The van der Waals surface area contributed by atoms with E-state index in [-0.39, 0.29) is 24.8 Å². The Kier molecular flexibility index (Phi) is 4.48. The molecule has 5 nitrogen and oxygen atoms in total. The van der Waals surface area contributed by atoms with E-state index in [1.54, 1.807) is 6.92 Å². The first kappa shape index (κ1) is 16.1. The Labute approximate surface area is 135 Å². The minimum Gasteiger partial charge on any atom is -0.478 e. The number of carboxylic acid groups (broad SMARTS) is 1. The van der Waals surface area contributed by atoms with Crippen LogP contribution in [0.5, 0.6) is 0 Å². The highest BCUT2D eigenvalue weighted by Crippen LogP contribution is 2.35. The number of aromatic carboxylic acids is 1. The van der Waals surface area contributed by atoms with Gasteiger partial charge in [-0.05, 0) is 36.8 Å². The lowest BCUT2D eigenvalue weighted by Crippen LogP contribution is -2.13. The Balaban J connectivity index is 2.37. The van der Waals surface area contributed by atoms with Crippen molar-refractivity contribution in [1.29, 1.82) is 0 Å². The van der Waals surface area contributed by atoms with Crippen molar-refractivity contribution < 1.29 is 18.3 Å². The number of thiophene rings is 1. The number of anilines is 1. The predicted molar refractivity (Wildman–Crippen MR) is 83.3 cm³/mol. The van der Waals surface area contributed by atoms with Crippen LogP contribution in [0.3, 0.4) is 0 Å². The minimum absolute atomic E-state index is 0.0623. The van der Waals surface area contributed by atoms with Gasteiger partial charge in [0, 0.05) is 0 Å². The molecule has 9 heteroatoms. The molecular weight excluding hydrogens is 357 g/mol. The summed E-state index contributed by atoms with van der Waals surface area (Å²) >= 11 is 12.5. The fourth-order valence-corrected chi connectivity index (χ4v) is 4.90. The van der Waals surface area contributed by atoms with Crippen molar-refractivity contribution in [3.8, 4) is 0 Å². The zero-order chi connectivity index (χ0) is 15.8. The highest BCUT2D eigenvalue weighted by Gasteiger charge is 2.22. The molecule has 0 spiro atoms. The maximum Gasteiger partial charge on any atom is 0.335 e. The van der Waals surface area contributed by atoms with Gasteiger partial charge in [0.15, 0.2) is 0 Å². The zero-order valence-corrected chi connectivity index (χ0v) is 13.7. The van der Waals surface area contributed by atoms with Gasteiger partial charge >= 0.3 is 5.97 Å². The van der Waals surface area contributed by atoms with E-state index in [4.69, 9.17) is 28.3 Å². The lowest BCUT2D eigenvalue weighted by Gasteiger charge is -2.10. The molecule has 0 bridgehead atoms. The zero-order valence-electron chi connectivity index (χ0n) is 10.6. The normalized spacial score (nSPS) is 11.4. The standard InChI is InChI=1S/C12H9Cl2NO4S2/c1-6-4-7(12(16)17)2-3-8(6)15-21(18,19)9-5-10(13)20-11(9)14/h2-5,15H,1H3,(H,16,17). The summed E-state index contributed by atoms with van der Waals surface area (Å²) in [5, 5.41) is 8.88. The number of benzene rings is 1. The molecule has 0 fully saturated rings. The van der Waals surface area contributed by atoms with Crippen molar-refractivity contribution in [3.05, 3.63) is 44.1 Å². The Bertz CT molecular complexity index is 815. The summed E-state index contributed by atoms with van der Waals surface area (Å²) in [4.78, 5) is 10.7. The number of carbonyl (C=O) groups is 1. The monoisotopic (exact) mass is 365 g/mol. The van der Waals surface area contributed by atoms with Gasteiger partial charge in [-0.3, -0.25) is 4.72 Å². The number of nitrogens with one attached hydrogen (secondary N) is 1. The first-order valence-corrected chi connectivity index (χ1v) is 8.58. The maximum absolute atomic E-state index is 12.2. The van der Waals surface area contributed by atoms with Crippen molar-refractivity contribution in [2.24, 2.45) is 0 Å². The van der Waals surface area contributed by atoms with E-state index >= 15 is 0 Å². The molecule has 0 atom stereocenters. The molecule has 21 heavy (non-hydrogen) atoms. The molecule has 0 unspecified atom stereocenters. The number of aryl methyl sites for hydroxylation is 1. The number of halogens is 2. The van der Waals surface area contributed by atoms with Crippen LogP contribution in [-0.4, -0.2) is 19.5 Å². The predicted octanol–water partition coefficient (Wildman–Crippen LogP) is 3.86. The molecule has 0 aliphatic rings. The van der Waals surface area contributed by atoms with Gasteiger partial charge < -0.3 is 5.11 Å². The average Bonchev–Trinajstić information content (AvgIpc) is 2.71. The summed E-state index contributed by atoms with van der Waals surface area (Å²) in [6.45, 7) is 1.60. The van der Waals surface area contributed by atoms with Crippen LogP contribution in [-0.2, 0) is 10.0 Å². The number of hydrogen-bond donors (Lipinski definition) is 2. The molecule has 0 amide bonds. The molecule has 1 heterocycles. The molecule has 0 saturated heterocycles. The summed E-state index contributed by atoms with van der Waals surface area (Å²) < 4.78 is 27.2. The summed E-state index contributed by atoms with van der Waals surface area (Å²) in [5.74, 6) is -1.08. The number of rotatable bonds is 4. The molecule has 2 N–H and O–H groups in total. The number of hydrogen-bond acceptors (Lipinski definition) is 4. The molecule has 2 rings (SSSR count). The van der Waals surface area contributed by atoms with E-state index in [0.29, 0.717) is 5.56 Å². The first-order valence-electron chi connectivity index (χ1n) is 5.52. The smallest absolute Gasteiger partial charge is 0.335 e. The second-order valence-corrected chi connectivity index (χ2v) is 8.07. The summed E-state index contributed by atoms with van der Waals surface area (Å²) in [5.41, 5.74) is 0.835. The largest absolute Gasteiger partial charge is 0.478 e. The topological polar surface area (TPSA) is 83.5 Å². The Morgan fingerprint density at radius 3 is 2.43 bits per heavy atom. The van der Waals surface area contributed by atoms with E-state index in [1.807, 2.05) is 0 Å². The molecule has 2 aromatic rings.